The summed E-state index contributed by atoms with van der Waals surface area (Å²) in [7, 11) is -1.61. The first-order valence-corrected chi connectivity index (χ1v) is 20.1. The normalized spacial score (nSPS) is 17.5. The molecule has 2 atom stereocenters. The number of aryl methyl sites for hydroxylation is 1. The third-order valence-corrected chi connectivity index (χ3v) is 11.9. The molecule has 0 aliphatic carbocycles. The summed E-state index contributed by atoms with van der Waals surface area (Å²) in [6.07, 6.45) is 12.9. The minimum absolute atomic E-state index is 0.276. The van der Waals surface area contributed by atoms with Crippen molar-refractivity contribution in [1.29, 1.82) is 0 Å². The van der Waals surface area contributed by atoms with E-state index in [1.165, 1.54) is 50.3 Å². The highest BCUT2D eigenvalue weighted by molar-refractivity contribution is 6.89. The lowest BCUT2D eigenvalue weighted by atomic mass is 9.77. The van der Waals surface area contributed by atoms with Crippen LogP contribution in [0.2, 0.25) is 19.6 Å². The molecule has 0 fully saturated rings. The van der Waals surface area contributed by atoms with Crippen LogP contribution in [0, 0.1) is 5.92 Å². The fourth-order valence-corrected chi connectivity index (χ4v) is 9.41. The van der Waals surface area contributed by atoms with E-state index in [1.54, 1.807) is 5.19 Å². The molecule has 5 aromatic rings. The molecule has 3 nitrogen and oxygen atoms in total. The molecule has 0 bridgehead atoms. The maximum Gasteiger partial charge on any atom is 0.219 e. The zero-order valence-corrected chi connectivity index (χ0v) is 28.4. The van der Waals surface area contributed by atoms with Gasteiger partial charge >= 0.3 is 0 Å². The van der Waals surface area contributed by atoms with Gasteiger partial charge < -0.3 is 0 Å². The molecule has 5 heterocycles. The minimum Gasteiger partial charge on any atom is -0.264 e. The van der Waals surface area contributed by atoms with E-state index in [-0.39, 0.29) is 6.04 Å². The number of hydrogen-bond acceptors (Lipinski definition) is 1. The van der Waals surface area contributed by atoms with Crippen molar-refractivity contribution < 1.29 is 9.13 Å². The largest absolute Gasteiger partial charge is 0.264 e. The van der Waals surface area contributed by atoms with E-state index < -0.39 is 8.07 Å². The summed E-state index contributed by atoms with van der Waals surface area (Å²) in [6.45, 7) is 17.0. The van der Waals surface area contributed by atoms with Crippen molar-refractivity contribution in [2.45, 2.75) is 71.1 Å². The van der Waals surface area contributed by atoms with Gasteiger partial charge in [0.25, 0.3) is 0 Å². The number of fused-ring (bicyclic) bond motifs is 9. The van der Waals surface area contributed by atoms with Crippen LogP contribution in [0.25, 0.3) is 39.3 Å². The van der Waals surface area contributed by atoms with E-state index in [4.69, 9.17) is 6.58 Å². The lowest BCUT2D eigenvalue weighted by molar-refractivity contribution is -0.719. The van der Waals surface area contributed by atoms with Crippen molar-refractivity contribution in [1.82, 2.24) is 4.98 Å². The molecule has 2 unspecified atom stereocenters. The second-order valence-corrected chi connectivity index (χ2v) is 19.5. The summed E-state index contributed by atoms with van der Waals surface area (Å²) in [5, 5.41) is 1.59. The molecule has 2 aliphatic heterocycles. The highest BCUT2D eigenvalue weighted by Gasteiger charge is 2.43. The lowest BCUT2D eigenvalue weighted by Crippen LogP contribution is -2.54. The second kappa shape index (κ2) is 11.6. The number of rotatable bonds is 4. The number of hydrogen-bond donors (Lipinski definition) is 0. The van der Waals surface area contributed by atoms with E-state index in [9.17, 15) is 0 Å². The van der Waals surface area contributed by atoms with Crippen molar-refractivity contribution in [3.63, 3.8) is 0 Å². The van der Waals surface area contributed by atoms with Crippen LogP contribution in [0.4, 0.5) is 0 Å². The van der Waals surface area contributed by atoms with Crippen LogP contribution in [0.5, 0.6) is 0 Å². The Kier molecular flexibility index (Phi) is 7.65. The molecule has 45 heavy (non-hydrogen) atoms. The van der Waals surface area contributed by atoms with Crippen LogP contribution < -0.4 is 14.3 Å². The van der Waals surface area contributed by atoms with Gasteiger partial charge in [-0.3, -0.25) is 4.98 Å². The molecule has 0 amide bonds. The Labute approximate surface area is 270 Å². The number of nitrogens with zero attached hydrogens (tertiary/aromatic N) is 3. The predicted octanol–water partition coefficient (Wildman–Crippen LogP) is 8.55. The Morgan fingerprint density at radius 1 is 0.889 bits per heavy atom. The zero-order valence-electron chi connectivity index (χ0n) is 27.4. The summed E-state index contributed by atoms with van der Waals surface area (Å²) in [5.41, 5.74) is 13.1. The van der Waals surface area contributed by atoms with Crippen LogP contribution in [-0.4, -0.2) is 13.1 Å². The van der Waals surface area contributed by atoms with Gasteiger partial charge in [0, 0.05) is 47.3 Å². The number of pyridine rings is 3. The van der Waals surface area contributed by atoms with Gasteiger partial charge in [0.15, 0.2) is 24.1 Å². The van der Waals surface area contributed by atoms with E-state index >= 15 is 0 Å². The van der Waals surface area contributed by atoms with Crippen LogP contribution in [-0.2, 0) is 12.8 Å². The van der Waals surface area contributed by atoms with Gasteiger partial charge in [0.2, 0.25) is 11.4 Å². The first-order chi connectivity index (χ1) is 21.7. The fourth-order valence-electron chi connectivity index (χ4n) is 7.75. The molecule has 7 rings (SSSR count). The number of benzene rings is 2. The Bertz CT molecular complexity index is 1900. The fraction of sp³-hybridized carbons (Fsp3) is 0.293. The first kappa shape index (κ1) is 29.6. The molecule has 0 spiro atoms. The third kappa shape index (κ3) is 5.50. The second-order valence-electron chi connectivity index (χ2n) is 14.5. The summed E-state index contributed by atoms with van der Waals surface area (Å²) in [6, 6.07) is 29.5. The van der Waals surface area contributed by atoms with E-state index in [2.05, 4.69) is 145 Å². The monoisotopic (exact) mass is 607 g/mol. The average Bonchev–Trinajstić information content (AvgIpc) is 3.03. The SMILES string of the molecule is C=C1CC2C(CCc3cnccc3-c3cc(-c4ccccc4)cc[n+]31)c1ccccc1-c1cc(CC(C)C)c([Si](C)(C)C)c[n+]12. The van der Waals surface area contributed by atoms with Crippen molar-refractivity contribution in [3.05, 3.63) is 127 Å². The van der Waals surface area contributed by atoms with Crippen molar-refractivity contribution in [2.75, 3.05) is 0 Å². The summed E-state index contributed by atoms with van der Waals surface area (Å²) >= 11 is 0. The minimum atomic E-state index is -1.61. The first-order valence-electron chi connectivity index (χ1n) is 16.6. The maximum atomic E-state index is 4.80. The van der Waals surface area contributed by atoms with Gasteiger partial charge in [-0.15, -0.1) is 0 Å². The van der Waals surface area contributed by atoms with Gasteiger partial charge in [-0.1, -0.05) is 82.0 Å². The summed E-state index contributed by atoms with van der Waals surface area (Å²) in [5.74, 6) is 0.991. The molecular weight excluding hydrogens is 563 g/mol. The summed E-state index contributed by atoms with van der Waals surface area (Å²) < 4.78 is 5.01. The van der Waals surface area contributed by atoms with Crippen LogP contribution in [0.15, 0.2) is 110 Å². The van der Waals surface area contributed by atoms with Gasteiger partial charge in [0.05, 0.1) is 20.1 Å². The Morgan fingerprint density at radius 3 is 2.44 bits per heavy atom. The Morgan fingerprint density at radius 2 is 1.67 bits per heavy atom. The smallest absolute Gasteiger partial charge is 0.219 e. The molecule has 2 aliphatic rings. The van der Waals surface area contributed by atoms with E-state index in [1.807, 2.05) is 6.20 Å². The molecule has 3 aromatic heterocycles. The lowest BCUT2D eigenvalue weighted by Gasteiger charge is -2.33. The third-order valence-electron chi connectivity index (χ3n) is 9.85. The highest BCUT2D eigenvalue weighted by atomic mass is 28.3. The van der Waals surface area contributed by atoms with Gasteiger partial charge in [-0.2, -0.15) is 9.13 Å². The molecule has 0 saturated carbocycles. The number of aromatic nitrogens is 3. The highest BCUT2D eigenvalue weighted by Crippen LogP contribution is 2.44. The standard InChI is InChI=1S/C41H45N3Si/c1-28(2)22-33-25-40-36-15-11-10-14-35(36)37-17-16-32-26-42-20-18-34(32)39-24-31(30-12-8-7-9-13-30)19-21-43(39)29(3)23-38(37)44(40)27-41(33)45(4,5)6/h7-15,18-21,24-28,37-38H,3,16-17,22-23H2,1-2,4-6H3/q+2. The van der Waals surface area contributed by atoms with Crippen molar-refractivity contribution >= 4 is 19.0 Å². The molecule has 226 valence electrons. The molecule has 0 saturated heterocycles. The Balaban J connectivity index is 1.43. The van der Waals surface area contributed by atoms with Crippen LogP contribution >= 0.6 is 0 Å². The molecule has 0 radical (unpaired) electrons. The van der Waals surface area contributed by atoms with Gasteiger partial charge in [0.1, 0.15) is 0 Å². The van der Waals surface area contributed by atoms with Crippen LogP contribution in [0.3, 0.4) is 0 Å². The van der Waals surface area contributed by atoms with E-state index in [0.29, 0.717) is 11.8 Å². The van der Waals surface area contributed by atoms with Crippen molar-refractivity contribution in [3.8, 4) is 33.6 Å². The zero-order chi connectivity index (χ0) is 31.3. The van der Waals surface area contributed by atoms with Gasteiger partial charge in [-0.05, 0) is 71.7 Å². The average molecular weight is 608 g/mol. The van der Waals surface area contributed by atoms with Crippen LogP contribution in [0.1, 0.15) is 55.3 Å². The molecular formula is C41H45N3Si+2. The molecule has 4 heteroatoms. The van der Waals surface area contributed by atoms with Gasteiger partial charge in [-0.25, -0.2) is 0 Å². The maximum absolute atomic E-state index is 4.80. The predicted molar refractivity (Wildman–Crippen MR) is 189 cm³/mol. The quantitative estimate of drug-likeness (QED) is 0.148. The molecule has 0 N–H and O–H groups in total. The molecule has 2 aromatic carbocycles. The van der Waals surface area contributed by atoms with Crippen molar-refractivity contribution in [2.24, 2.45) is 5.92 Å². The Hall–Kier alpha value is -4.15. The number of allylic oxidation sites excluding steroid dienone is 1. The topological polar surface area (TPSA) is 20.6 Å². The van der Waals surface area contributed by atoms with E-state index in [0.717, 1.165) is 31.4 Å². The summed E-state index contributed by atoms with van der Waals surface area (Å²) in [4.78, 5) is 4.62.